The Labute approximate surface area is 423 Å². The Bertz CT molecular complexity index is 2990. The molecule has 0 saturated carbocycles. The summed E-state index contributed by atoms with van der Waals surface area (Å²) in [6, 6.07) is 16.4. The van der Waals surface area contributed by atoms with Crippen molar-refractivity contribution in [2.45, 2.75) is 57.2 Å². The summed E-state index contributed by atoms with van der Waals surface area (Å²) in [7, 11) is -1.03. The first-order valence-corrected chi connectivity index (χ1v) is 27.2. The molecule has 3 saturated heterocycles. The number of hydrogen-bond acceptors (Lipinski definition) is 14. The van der Waals surface area contributed by atoms with E-state index in [9.17, 15) is 23.7 Å². The molecule has 1 unspecified atom stereocenters. The Morgan fingerprint density at radius 3 is 2.51 bits per heavy atom. The topological polar surface area (TPSA) is 210 Å². The first-order valence-electron chi connectivity index (χ1n) is 24.2. The van der Waals surface area contributed by atoms with Crippen molar-refractivity contribution in [3.63, 3.8) is 0 Å². The Morgan fingerprint density at radius 1 is 0.958 bits per heavy atom. The lowest BCUT2D eigenvalue weighted by atomic mass is 10.0. The van der Waals surface area contributed by atoms with Gasteiger partial charge in [0, 0.05) is 93.3 Å². The lowest BCUT2D eigenvalue weighted by molar-refractivity contribution is -0.137. The molecule has 3 aromatic carbocycles. The number of anilines is 6. The van der Waals surface area contributed by atoms with E-state index >= 15 is 0 Å². The number of benzene rings is 3. The summed E-state index contributed by atoms with van der Waals surface area (Å²) in [5.74, 6) is 6.46. The standard InChI is InChI=1S/C52H58ClN12O6P/c1-71-45-29-44(41(57-47(66)17-15-35-30-54-33-56-35)28-42(45)59-52-55-31-39(53)49(61-52)58-40-13-6-7-14-46(40)72(2,3)70)64-22-19-36(20-23-64)63-26-24-62(25-27-63)21-8-4-5-10-34-11-9-12-37-38(34)32-65(51(37)69)43-16-18-48(67)60-50(43)68/h6-7,9,11-15,17,28-31,33,36,43H,4,8,16,18-27,32H2,1-3H3,(H,54,56)(H,57,66)(H,60,67,68)(H2,55,58,59,61). The molecule has 18 nitrogen and oxygen atoms in total. The second kappa shape index (κ2) is 22.2. The van der Waals surface area contributed by atoms with Crippen molar-refractivity contribution in [3.8, 4) is 17.6 Å². The first-order chi connectivity index (χ1) is 34.8. The number of piperidine rings is 2. The minimum absolute atomic E-state index is 0.193. The van der Waals surface area contributed by atoms with Crippen molar-refractivity contribution in [1.82, 2.24) is 40.0 Å². The molecule has 374 valence electrons. The van der Waals surface area contributed by atoms with Crippen molar-refractivity contribution in [2.75, 3.05) is 87.1 Å². The molecule has 4 amide bonds. The molecular weight excluding hydrogens is 955 g/mol. The van der Waals surface area contributed by atoms with Gasteiger partial charge in [0.15, 0.2) is 5.82 Å². The lowest BCUT2D eigenvalue weighted by Gasteiger charge is -2.43. The summed E-state index contributed by atoms with van der Waals surface area (Å²) in [4.78, 5) is 76.0. The summed E-state index contributed by atoms with van der Waals surface area (Å²) in [5.41, 5.74) is 5.47. The van der Waals surface area contributed by atoms with Crippen molar-refractivity contribution in [1.29, 1.82) is 0 Å². The number of nitrogens with zero attached hydrogens (tertiary/aromatic N) is 7. The number of ether oxygens (including phenoxy) is 1. The van der Waals surface area contributed by atoms with Crippen LogP contribution in [0.2, 0.25) is 5.02 Å². The molecule has 20 heteroatoms. The van der Waals surface area contributed by atoms with Gasteiger partial charge in [0.2, 0.25) is 23.7 Å². The molecule has 0 radical (unpaired) electrons. The number of para-hydroxylation sites is 1. The van der Waals surface area contributed by atoms with Gasteiger partial charge >= 0.3 is 0 Å². The maximum atomic E-state index is 13.5. The highest BCUT2D eigenvalue weighted by Gasteiger charge is 2.40. The predicted octanol–water partition coefficient (Wildman–Crippen LogP) is 6.43. The number of H-pyrrole nitrogens is 1. The second-order valence-electron chi connectivity index (χ2n) is 18.6. The van der Waals surface area contributed by atoms with Gasteiger partial charge in [-0.3, -0.25) is 29.4 Å². The number of aromatic nitrogens is 4. The van der Waals surface area contributed by atoms with Gasteiger partial charge < -0.3 is 44.9 Å². The minimum Gasteiger partial charge on any atom is -0.494 e. The molecule has 72 heavy (non-hydrogen) atoms. The number of carbonyl (C=O) groups excluding carboxylic acids is 4. The number of methoxy groups -OCH3 is 1. The van der Waals surface area contributed by atoms with Crippen LogP contribution in [0, 0.1) is 11.8 Å². The van der Waals surface area contributed by atoms with E-state index < -0.39 is 19.1 Å². The maximum absolute atomic E-state index is 13.5. The molecule has 5 aromatic rings. The highest BCUT2D eigenvalue weighted by atomic mass is 35.5. The van der Waals surface area contributed by atoms with Crippen LogP contribution in [0.3, 0.4) is 0 Å². The number of carbonyl (C=O) groups is 4. The van der Waals surface area contributed by atoms with E-state index in [1.54, 1.807) is 50.0 Å². The van der Waals surface area contributed by atoms with Crippen LogP contribution in [-0.4, -0.2) is 137 Å². The summed E-state index contributed by atoms with van der Waals surface area (Å²) >= 11 is 6.58. The normalized spacial score (nSPS) is 17.9. The van der Waals surface area contributed by atoms with Crippen LogP contribution in [0.25, 0.3) is 6.08 Å². The number of halogens is 1. The van der Waals surface area contributed by atoms with Gasteiger partial charge in [0.05, 0.1) is 54.3 Å². The van der Waals surface area contributed by atoms with E-state index in [1.807, 2.05) is 48.5 Å². The molecule has 4 aliphatic rings. The molecule has 0 bridgehead atoms. The largest absolute Gasteiger partial charge is 0.494 e. The molecule has 5 N–H and O–H groups in total. The molecule has 4 aliphatic heterocycles. The van der Waals surface area contributed by atoms with E-state index in [1.165, 1.54) is 12.3 Å². The fourth-order valence-electron chi connectivity index (χ4n) is 9.78. The fourth-order valence-corrected chi connectivity index (χ4v) is 11.1. The third kappa shape index (κ3) is 11.7. The van der Waals surface area contributed by atoms with Crippen molar-refractivity contribution in [3.05, 3.63) is 107 Å². The highest BCUT2D eigenvalue weighted by Crippen LogP contribution is 2.41. The zero-order valence-corrected chi connectivity index (χ0v) is 42.2. The number of hydrogen-bond donors (Lipinski definition) is 5. The number of imide groups is 1. The molecule has 6 heterocycles. The van der Waals surface area contributed by atoms with Crippen molar-refractivity contribution >= 4 is 88.3 Å². The lowest BCUT2D eigenvalue weighted by Crippen LogP contribution is -2.53. The quantitative estimate of drug-likeness (QED) is 0.0252. The number of piperazine rings is 1. The third-order valence-electron chi connectivity index (χ3n) is 13.5. The highest BCUT2D eigenvalue weighted by molar-refractivity contribution is 7.70. The molecule has 0 aliphatic carbocycles. The molecule has 9 rings (SSSR count). The van der Waals surface area contributed by atoms with Crippen LogP contribution in [0.15, 0.2) is 79.4 Å². The third-order valence-corrected chi connectivity index (χ3v) is 15.4. The van der Waals surface area contributed by atoms with E-state index in [0.717, 1.165) is 88.3 Å². The molecule has 3 fully saturated rings. The van der Waals surface area contributed by atoms with Gasteiger partial charge in [-0.25, -0.2) is 9.97 Å². The Balaban J connectivity index is 0.808. The SMILES string of the molecule is COc1cc(N2CCC(N3CCN(CCCC#Cc4cccc5c4CN(C4CCC(=O)NC4=O)C5=O)CC3)CC2)c(NC(=O)C=Cc2cnc[nH]2)cc1Nc1ncc(Cl)c(Nc2ccccc2P(C)(C)=O)n1. The zero-order chi connectivity index (χ0) is 50.4. The number of fused-ring (bicyclic) bond motifs is 1. The Morgan fingerprint density at radius 2 is 1.76 bits per heavy atom. The monoisotopic (exact) mass is 1010 g/mol. The van der Waals surface area contributed by atoms with E-state index in [2.05, 4.69) is 67.7 Å². The predicted molar refractivity (Wildman–Crippen MR) is 280 cm³/mol. The average Bonchev–Trinajstić information content (AvgIpc) is 4.02. The van der Waals surface area contributed by atoms with Crippen LogP contribution in [0.1, 0.15) is 65.7 Å². The minimum atomic E-state index is -2.63. The molecule has 0 spiro atoms. The van der Waals surface area contributed by atoms with Gasteiger partial charge in [0.1, 0.15) is 24.0 Å². The average molecular weight is 1010 g/mol. The van der Waals surface area contributed by atoms with Crippen LogP contribution in [0.4, 0.5) is 34.5 Å². The molecular formula is C52H58ClN12O6P. The van der Waals surface area contributed by atoms with E-state index in [0.29, 0.717) is 64.2 Å². The summed E-state index contributed by atoms with van der Waals surface area (Å²) < 4.78 is 19.0. The maximum Gasteiger partial charge on any atom is 0.255 e. The summed E-state index contributed by atoms with van der Waals surface area (Å²) in [5, 5.41) is 12.9. The van der Waals surface area contributed by atoms with Gasteiger partial charge in [-0.15, -0.1) is 0 Å². The first kappa shape index (κ1) is 49.9. The fraction of sp³-hybridized carbons (Fsp3) is 0.365. The Kier molecular flexibility index (Phi) is 15.4. The smallest absolute Gasteiger partial charge is 0.255 e. The number of rotatable bonds is 15. The van der Waals surface area contributed by atoms with Gasteiger partial charge in [-0.05, 0) is 87.5 Å². The number of unbranched alkanes of at least 4 members (excludes halogenated alkanes) is 1. The van der Waals surface area contributed by atoms with Gasteiger partial charge in [-0.2, -0.15) is 4.98 Å². The molecule has 1 atom stereocenters. The number of aromatic amines is 1. The summed E-state index contributed by atoms with van der Waals surface area (Å²) in [6.07, 6.45) is 11.9. The van der Waals surface area contributed by atoms with Crippen LogP contribution < -0.4 is 36.2 Å². The van der Waals surface area contributed by atoms with Crippen LogP contribution in [-0.2, 0) is 25.5 Å². The number of amides is 4. The molecule has 2 aromatic heterocycles. The van der Waals surface area contributed by atoms with Crippen molar-refractivity contribution in [2.24, 2.45) is 0 Å². The second-order valence-corrected chi connectivity index (χ2v) is 22.2. The zero-order valence-electron chi connectivity index (χ0n) is 40.5. The van der Waals surface area contributed by atoms with Gasteiger partial charge in [0.25, 0.3) is 5.91 Å². The number of imidazole rings is 1. The van der Waals surface area contributed by atoms with E-state index in [4.69, 9.17) is 16.3 Å². The van der Waals surface area contributed by atoms with Crippen molar-refractivity contribution < 1.29 is 28.5 Å². The van der Waals surface area contributed by atoms with Crippen LogP contribution >= 0.6 is 18.7 Å². The number of nitrogens with one attached hydrogen (secondary N) is 5. The van der Waals surface area contributed by atoms with Crippen LogP contribution in [0.5, 0.6) is 5.75 Å². The van der Waals surface area contributed by atoms with E-state index in [-0.39, 0.29) is 35.1 Å². The summed E-state index contributed by atoms with van der Waals surface area (Å²) in [6.45, 7) is 10.2. The Hall–Kier alpha value is -7.03. The van der Waals surface area contributed by atoms with Gasteiger partial charge in [-0.1, -0.05) is 41.6 Å².